The number of alkyl halides is 1. The lowest BCUT2D eigenvalue weighted by atomic mass is 9.95. The number of halogens is 1. The van der Waals surface area contributed by atoms with E-state index < -0.39 is 6.17 Å². The van der Waals surface area contributed by atoms with Crippen molar-refractivity contribution < 1.29 is 19.0 Å². The van der Waals surface area contributed by atoms with Crippen LogP contribution in [0.15, 0.2) is 36.4 Å². The van der Waals surface area contributed by atoms with E-state index in [1.807, 2.05) is 18.2 Å². The summed E-state index contributed by atoms with van der Waals surface area (Å²) in [7, 11) is 0. The molecule has 5 aliphatic rings. The van der Waals surface area contributed by atoms with Gasteiger partial charge >= 0.3 is 6.01 Å². The first kappa shape index (κ1) is 26.6. The largest absolute Gasteiger partial charge is 0.508 e. The third-order valence-corrected chi connectivity index (χ3v) is 10.8. The van der Waals surface area contributed by atoms with Crippen molar-refractivity contribution in [2.45, 2.75) is 75.3 Å². The minimum absolute atomic E-state index is 0.108. The maximum absolute atomic E-state index is 14.5. The summed E-state index contributed by atoms with van der Waals surface area (Å²) in [5.74, 6) is 1.49. The van der Waals surface area contributed by atoms with Gasteiger partial charge in [0, 0.05) is 37.2 Å². The molecule has 9 rings (SSSR count). The van der Waals surface area contributed by atoms with E-state index in [0.29, 0.717) is 61.4 Å². The van der Waals surface area contributed by atoms with Crippen molar-refractivity contribution in [1.82, 2.24) is 25.2 Å². The Kier molecular flexibility index (Phi) is 5.97. The Balaban J connectivity index is 1.21. The van der Waals surface area contributed by atoms with Gasteiger partial charge in [-0.15, -0.1) is 0 Å². The van der Waals surface area contributed by atoms with Gasteiger partial charge in [0.1, 0.15) is 36.3 Å². The highest BCUT2D eigenvalue weighted by Crippen LogP contribution is 2.44. The third-order valence-electron chi connectivity index (χ3n) is 10.8. The molecule has 4 aromatic rings. The zero-order valence-corrected chi connectivity index (χ0v) is 24.9. The SMILES string of the molecule is CCc1cccc2cc(O)cc(-c3cc4nc(OC[C@@]56CCCN5C[C@@H](F)C6)nc5c4c(n3)OC[C@@H]3[C@@H]4CC[C@H](CN53)N4)c12. The summed E-state index contributed by atoms with van der Waals surface area (Å²) in [6.07, 6.45) is 4.73. The Morgan fingerprint density at radius 1 is 1.14 bits per heavy atom. The maximum atomic E-state index is 14.5. The number of benzene rings is 2. The maximum Gasteiger partial charge on any atom is 0.319 e. The second kappa shape index (κ2) is 9.87. The molecule has 5 aliphatic heterocycles. The van der Waals surface area contributed by atoms with E-state index >= 15 is 0 Å². The number of anilines is 1. The first-order valence-electron chi connectivity index (χ1n) is 16.1. The Morgan fingerprint density at radius 2 is 2.07 bits per heavy atom. The fraction of sp³-hybridized carbons (Fsp3) is 0.500. The monoisotopic (exact) mass is 596 g/mol. The van der Waals surface area contributed by atoms with Crippen LogP contribution in [0, 0.1) is 0 Å². The van der Waals surface area contributed by atoms with Crippen LogP contribution in [-0.4, -0.2) is 87.6 Å². The van der Waals surface area contributed by atoms with Crippen LogP contribution in [0.2, 0.25) is 0 Å². The molecule has 7 heterocycles. The van der Waals surface area contributed by atoms with Gasteiger partial charge in [0.25, 0.3) is 0 Å². The van der Waals surface area contributed by atoms with Gasteiger partial charge in [-0.2, -0.15) is 9.97 Å². The number of fused-ring (bicyclic) bond motifs is 7. The molecule has 2 aromatic heterocycles. The number of phenolic OH excluding ortho intramolecular Hbond substituents is 1. The first-order chi connectivity index (χ1) is 21.5. The van der Waals surface area contributed by atoms with Gasteiger partial charge in [0.2, 0.25) is 5.88 Å². The molecule has 228 valence electrons. The molecule has 5 atom stereocenters. The fourth-order valence-electron chi connectivity index (χ4n) is 8.73. The Hall–Kier alpha value is -3.76. The van der Waals surface area contributed by atoms with Crippen LogP contribution in [-0.2, 0) is 6.42 Å². The molecule has 0 radical (unpaired) electrons. The van der Waals surface area contributed by atoms with Crippen molar-refractivity contribution in [3.8, 4) is 28.9 Å². The molecule has 4 fully saturated rings. The van der Waals surface area contributed by atoms with E-state index in [-0.39, 0.29) is 17.3 Å². The van der Waals surface area contributed by atoms with Crippen LogP contribution in [0.25, 0.3) is 32.9 Å². The summed E-state index contributed by atoms with van der Waals surface area (Å²) in [6, 6.07) is 12.9. The molecule has 9 nitrogen and oxygen atoms in total. The van der Waals surface area contributed by atoms with Crippen LogP contribution >= 0.6 is 0 Å². The van der Waals surface area contributed by atoms with E-state index in [2.05, 4.69) is 28.1 Å². The molecule has 2 aromatic carbocycles. The van der Waals surface area contributed by atoms with Crippen LogP contribution in [0.4, 0.5) is 10.2 Å². The number of phenols is 1. The molecule has 4 saturated heterocycles. The minimum atomic E-state index is -0.823. The Labute approximate surface area is 255 Å². The van der Waals surface area contributed by atoms with Crippen molar-refractivity contribution in [2.24, 2.45) is 0 Å². The molecule has 0 spiro atoms. The number of nitrogens with zero attached hydrogens (tertiary/aromatic N) is 5. The highest BCUT2D eigenvalue weighted by molar-refractivity contribution is 6.02. The van der Waals surface area contributed by atoms with Crippen LogP contribution in [0.3, 0.4) is 0 Å². The highest BCUT2D eigenvalue weighted by atomic mass is 19.1. The number of hydrogen-bond donors (Lipinski definition) is 2. The normalized spacial score (nSPS) is 29.1. The molecule has 2 N–H and O–H groups in total. The highest BCUT2D eigenvalue weighted by Gasteiger charge is 2.50. The van der Waals surface area contributed by atoms with Gasteiger partial charge in [-0.3, -0.25) is 4.90 Å². The summed E-state index contributed by atoms with van der Waals surface area (Å²) in [5.41, 5.74) is 3.10. The number of nitrogens with one attached hydrogen (secondary N) is 1. The number of piperazine rings is 1. The van der Waals surface area contributed by atoms with E-state index in [9.17, 15) is 9.50 Å². The standard InChI is InChI=1S/C34H37FN6O3/c1-2-19-5-3-6-20-11-23(42)12-24(29(19)20)26-13-27-30-31(41-16-22-7-8-25(36-22)28(41)17-43-32(30)37-26)39-33(38-27)44-18-34-9-4-10-40(34)15-21(35)14-34/h3,5-6,11-13,21-22,25,28,36,42H,2,4,7-10,14-18H2,1H3/t21-,22+,25-,28+,34-/m0/s1. The molecule has 10 heteroatoms. The number of aryl methyl sites for hydroxylation is 1. The summed E-state index contributed by atoms with van der Waals surface area (Å²) in [5, 5.41) is 17.3. The summed E-state index contributed by atoms with van der Waals surface area (Å²) >= 11 is 0. The Bertz CT molecular complexity index is 1800. The number of aromatic nitrogens is 3. The number of pyridine rings is 1. The number of rotatable bonds is 5. The fourth-order valence-corrected chi connectivity index (χ4v) is 8.73. The lowest BCUT2D eigenvalue weighted by Crippen LogP contribution is -2.60. The first-order valence-corrected chi connectivity index (χ1v) is 16.1. The average Bonchev–Trinajstić information content (AvgIpc) is 3.66. The molecule has 0 unspecified atom stereocenters. The van der Waals surface area contributed by atoms with Gasteiger partial charge in [0.15, 0.2) is 0 Å². The van der Waals surface area contributed by atoms with Crippen LogP contribution in [0.5, 0.6) is 17.6 Å². The smallest absolute Gasteiger partial charge is 0.319 e. The van der Waals surface area contributed by atoms with E-state index in [1.54, 1.807) is 12.1 Å². The molecule has 0 aliphatic carbocycles. The van der Waals surface area contributed by atoms with Gasteiger partial charge in [-0.1, -0.05) is 25.1 Å². The van der Waals surface area contributed by atoms with Gasteiger partial charge in [-0.25, -0.2) is 9.37 Å². The van der Waals surface area contributed by atoms with Gasteiger partial charge in [0.05, 0.1) is 22.8 Å². The summed E-state index contributed by atoms with van der Waals surface area (Å²) in [4.78, 5) is 19.7. The second-order valence-corrected chi connectivity index (χ2v) is 13.3. The van der Waals surface area contributed by atoms with Crippen molar-refractivity contribution in [2.75, 3.05) is 37.7 Å². The van der Waals surface area contributed by atoms with E-state index in [0.717, 1.165) is 72.7 Å². The predicted molar refractivity (Wildman–Crippen MR) is 166 cm³/mol. The topological polar surface area (TPSA) is 95.9 Å². The van der Waals surface area contributed by atoms with Crippen molar-refractivity contribution in [3.63, 3.8) is 0 Å². The van der Waals surface area contributed by atoms with Crippen molar-refractivity contribution in [1.29, 1.82) is 0 Å². The van der Waals surface area contributed by atoms with Gasteiger partial charge < -0.3 is 24.8 Å². The average molecular weight is 597 g/mol. The van der Waals surface area contributed by atoms with E-state index in [4.69, 9.17) is 24.4 Å². The zero-order valence-electron chi connectivity index (χ0n) is 24.9. The molecule has 0 saturated carbocycles. The van der Waals surface area contributed by atoms with Crippen molar-refractivity contribution >= 4 is 27.5 Å². The molecular formula is C34H37FN6O3. The molecular weight excluding hydrogens is 559 g/mol. The van der Waals surface area contributed by atoms with Crippen LogP contribution < -0.4 is 19.7 Å². The molecule has 44 heavy (non-hydrogen) atoms. The number of aromatic hydroxyl groups is 1. The number of ether oxygens (including phenoxy) is 2. The van der Waals surface area contributed by atoms with E-state index in [1.165, 1.54) is 5.56 Å². The summed E-state index contributed by atoms with van der Waals surface area (Å²) in [6.45, 7) is 5.21. The lowest BCUT2D eigenvalue weighted by molar-refractivity contribution is 0.107. The lowest BCUT2D eigenvalue weighted by Gasteiger charge is -2.40. The van der Waals surface area contributed by atoms with Gasteiger partial charge in [-0.05, 0) is 73.2 Å². The second-order valence-electron chi connectivity index (χ2n) is 13.3. The minimum Gasteiger partial charge on any atom is -0.508 e. The number of hydrogen-bond acceptors (Lipinski definition) is 9. The molecule has 0 amide bonds. The van der Waals surface area contributed by atoms with Crippen molar-refractivity contribution in [3.05, 3.63) is 42.0 Å². The van der Waals surface area contributed by atoms with Crippen LogP contribution in [0.1, 0.15) is 44.6 Å². The molecule has 2 bridgehead atoms. The third kappa shape index (κ3) is 4.06. The Morgan fingerprint density at radius 3 is 2.98 bits per heavy atom. The zero-order chi connectivity index (χ0) is 29.6. The predicted octanol–water partition coefficient (Wildman–Crippen LogP) is 4.77. The quantitative estimate of drug-likeness (QED) is 0.338. The summed E-state index contributed by atoms with van der Waals surface area (Å²) < 4.78 is 27.5.